The number of nitrogens with one attached hydrogen (secondary N) is 3. The van der Waals surface area contributed by atoms with Crippen molar-refractivity contribution in [2.24, 2.45) is 0 Å². The smallest absolute Gasteiger partial charge is 0.224 e. The van der Waals surface area contributed by atoms with Crippen molar-refractivity contribution in [3.8, 4) is 11.1 Å². The minimum Gasteiger partial charge on any atom is -0.397 e. The largest absolute Gasteiger partial charge is 0.397 e. The number of anilines is 2. The van der Waals surface area contributed by atoms with Crippen molar-refractivity contribution in [2.75, 3.05) is 16.8 Å². The Morgan fingerprint density at radius 1 is 0.863 bits per heavy atom. The summed E-state index contributed by atoms with van der Waals surface area (Å²) in [4.78, 5) is 29.1. The molecular weight excluding hydrogens is 665 g/mol. The fourth-order valence-electron chi connectivity index (χ4n) is 5.87. The molecule has 0 bridgehead atoms. The lowest BCUT2D eigenvalue weighted by molar-refractivity contribution is -0.245. The fourth-order valence-corrected chi connectivity index (χ4v) is 6.67. The number of nitrogens with zero attached hydrogens (tertiary/aromatic N) is 2. The number of amides is 2. The molecule has 2 amide bonds. The fraction of sp³-hybridized carbons (Fsp3) is 0.282. The van der Waals surface area contributed by atoms with Crippen LogP contribution in [0.2, 0.25) is 0 Å². The van der Waals surface area contributed by atoms with Crippen LogP contribution in [0.15, 0.2) is 109 Å². The lowest BCUT2D eigenvalue weighted by Gasteiger charge is -2.36. The lowest BCUT2D eigenvalue weighted by Crippen LogP contribution is -2.31. The molecule has 11 nitrogen and oxygen atoms in total. The summed E-state index contributed by atoms with van der Waals surface area (Å²) in [7, 11) is 0. The molecule has 12 heteroatoms. The van der Waals surface area contributed by atoms with Gasteiger partial charge in [0.2, 0.25) is 11.8 Å². The van der Waals surface area contributed by atoms with Gasteiger partial charge in [0.15, 0.2) is 11.4 Å². The van der Waals surface area contributed by atoms with Crippen molar-refractivity contribution < 1.29 is 24.2 Å². The Hall–Kier alpha value is -5.01. The van der Waals surface area contributed by atoms with Crippen LogP contribution in [0.4, 0.5) is 11.4 Å². The van der Waals surface area contributed by atoms with E-state index in [9.17, 15) is 14.7 Å². The quantitative estimate of drug-likeness (QED) is 0.0453. The molecule has 2 heterocycles. The maximum atomic E-state index is 12.6. The summed E-state index contributed by atoms with van der Waals surface area (Å²) < 4.78 is 13.1. The number of ether oxygens (including phenoxy) is 2. The Bertz CT molecular complexity index is 1890. The second-order valence-electron chi connectivity index (χ2n) is 12.4. The topological polar surface area (TPSA) is 164 Å². The van der Waals surface area contributed by atoms with Crippen LogP contribution < -0.4 is 16.4 Å². The first-order valence-electron chi connectivity index (χ1n) is 17.0. The predicted molar refractivity (Wildman–Crippen MR) is 197 cm³/mol. The number of hydrogen-bond donors (Lipinski definition) is 5. The number of aliphatic hydroxyl groups excluding tert-OH is 1. The number of nitrogen functional groups attached to an aromatic ring is 1. The van der Waals surface area contributed by atoms with Crippen molar-refractivity contribution in [2.45, 2.75) is 68.9 Å². The minimum absolute atomic E-state index is 0.0116. The SMILES string of the molecule is Nc1ccccc1NC(=O)CCCCC(=O)NCc1cccc(-c2cccc([C@@H]3O[C@H](CSc4ncn[nH]4)C[C@H](c4ccc(CO)cc4)O3)c2)c1. The second-order valence-corrected chi connectivity index (χ2v) is 13.4. The van der Waals surface area contributed by atoms with E-state index in [0.717, 1.165) is 38.5 Å². The first-order chi connectivity index (χ1) is 24.9. The van der Waals surface area contributed by atoms with E-state index in [1.165, 1.54) is 6.33 Å². The van der Waals surface area contributed by atoms with Gasteiger partial charge in [0.25, 0.3) is 0 Å². The number of aromatic nitrogens is 3. The molecule has 0 unspecified atom stereocenters. The molecule has 51 heavy (non-hydrogen) atoms. The van der Waals surface area contributed by atoms with E-state index in [1.807, 2.05) is 66.7 Å². The number of aliphatic hydroxyl groups is 1. The van der Waals surface area contributed by atoms with Crippen LogP contribution >= 0.6 is 11.8 Å². The zero-order valence-electron chi connectivity index (χ0n) is 28.2. The summed E-state index contributed by atoms with van der Waals surface area (Å²) in [6.07, 6.45) is 3.14. The molecule has 6 N–H and O–H groups in total. The number of unbranched alkanes of at least 4 members (excludes halogenated alkanes) is 1. The highest BCUT2D eigenvalue weighted by Crippen LogP contribution is 2.40. The van der Waals surface area contributed by atoms with Crippen molar-refractivity contribution in [3.63, 3.8) is 0 Å². The van der Waals surface area contributed by atoms with Crippen LogP contribution in [0, 0.1) is 0 Å². The highest BCUT2D eigenvalue weighted by Gasteiger charge is 2.32. The molecule has 1 saturated heterocycles. The third-order valence-electron chi connectivity index (χ3n) is 8.62. The van der Waals surface area contributed by atoms with E-state index in [-0.39, 0.29) is 30.6 Å². The molecular formula is C39H42N6O5S. The summed E-state index contributed by atoms with van der Waals surface area (Å²) >= 11 is 1.56. The number of carbonyl (C=O) groups is 2. The maximum Gasteiger partial charge on any atom is 0.224 e. The van der Waals surface area contributed by atoms with Crippen LogP contribution in [0.1, 0.15) is 66.8 Å². The summed E-state index contributed by atoms with van der Waals surface area (Å²) in [5, 5.41) is 22.9. The Balaban J connectivity index is 1.04. The van der Waals surface area contributed by atoms with Gasteiger partial charge < -0.3 is 30.9 Å². The number of aromatic amines is 1. The molecule has 1 aliphatic rings. The lowest BCUT2D eigenvalue weighted by atomic mass is 9.99. The minimum atomic E-state index is -0.591. The van der Waals surface area contributed by atoms with E-state index < -0.39 is 6.29 Å². The standard InChI is InChI=1S/C39H42N6O5S/c40-33-11-1-2-12-34(33)44-37(48)14-4-3-13-36(47)41-22-27-7-5-8-29(19-27)30-9-6-10-31(20-30)38-49-32(24-51-39-42-25-43-45-39)21-35(50-38)28-17-15-26(23-46)16-18-28/h1-2,5-12,15-20,25,32,35,38,46H,3-4,13-14,21-24,40H2,(H,41,47)(H,44,48)(H,42,43,45)/t32-,35+,38+/m0/s1. The molecule has 264 valence electrons. The molecule has 0 saturated carbocycles. The number of nitrogens with two attached hydrogens (primary N) is 1. The Kier molecular flexibility index (Phi) is 12.5. The molecule has 1 aliphatic heterocycles. The van der Waals surface area contributed by atoms with Gasteiger partial charge in [-0.3, -0.25) is 14.7 Å². The van der Waals surface area contributed by atoms with E-state index >= 15 is 0 Å². The first-order valence-corrected chi connectivity index (χ1v) is 18.0. The predicted octanol–water partition coefficient (Wildman–Crippen LogP) is 6.70. The van der Waals surface area contributed by atoms with E-state index in [4.69, 9.17) is 15.2 Å². The molecule has 0 radical (unpaired) electrons. The molecule has 1 aromatic heterocycles. The number of H-pyrrole nitrogens is 1. The number of hydrogen-bond acceptors (Lipinski definition) is 9. The van der Waals surface area contributed by atoms with Crippen molar-refractivity contribution in [3.05, 3.63) is 126 Å². The number of para-hydroxylation sites is 2. The number of carbonyl (C=O) groups excluding carboxylic acids is 2. The normalized spacial score (nSPS) is 17.2. The van der Waals surface area contributed by atoms with Gasteiger partial charge in [0, 0.05) is 37.1 Å². The number of thioether (sulfide) groups is 1. The number of benzene rings is 4. The monoisotopic (exact) mass is 706 g/mol. The van der Waals surface area contributed by atoms with Gasteiger partial charge in [0.05, 0.1) is 30.2 Å². The van der Waals surface area contributed by atoms with E-state index in [0.29, 0.717) is 55.8 Å². The molecule has 3 atom stereocenters. The average molecular weight is 707 g/mol. The van der Waals surface area contributed by atoms with Gasteiger partial charge in [-0.1, -0.05) is 84.6 Å². The third kappa shape index (κ3) is 10.3. The van der Waals surface area contributed by atoms with Gasteiger partial charge in [-0.05, 0) is 64.9 Å². The summed E-state index contributed by atoms with van der Waals surface area (Å²) in [6.45, 7) is 0.388. The van der Waals surface area contributed by atoms with Gasteiger partial charge >= 0.3 is 0 Å². The molecule has 0 spiro atoms. The highest BCUT2D eigenvalue weighted by molar-refractivity contribution is 7.99. The number of rotatable bonds is 15. The molecule has 5 aromatic rings. The van der Waals surface area contributed by atoms with Crippen molar-refractivity contribution in [1.29, 1.82) is 0 Å². The van der Waals surface area contributed by atoms with Gasteiger partial charge in [-0.15, -0.1) is 0 Å². The first kappa shape index (κ1) is 35.8. The molecule has 1 fully saturated rings. The third-order valence-corrected chi connectivity index (χ3v) is 9.62. The summed E-state index contributed by atoms with van der Waals surface area (Å²) in [5.74, 6) is 0.497. The molecule has 6 rings (SSSR count). The Morgan fingerprint density at radius 3 is 2.39 bits per heavy atom. The van der Waals surface area contributed by atoms with Crippen LogP contribution in [0.5, 0.6) is 0 Å². The van der Waals surface area contributed by atoms with E-state index in [2.05, 4.69) is 44.0 Å². The van der Waals surface area contributed by atoms with Gasteiger partial charge in [-0.2, -0.15) is 5.10 Å². The van der Waals surface area contributed by atoms with Crippen LogP contribution in [-0.4, -0.2) is 44.0 Å². The zero-order chi connectivity index (χ0) is 35.4. The van der Waals surface area contributed by atoms with Crippen molar-refractivity contribution >= 4 is 35.0 Å². The summed E-state index contributed by atoms with van der Waals surface area (Å²) in [5.41, 5.74) is 12.8. The van der Waals surface area contributed by atoms with Crippen LogP contribution in [0.3, 0.4) is 0 Å². The second kappa shape index (κ2) is 17.8. The van der Waals surface area contributed by atoms with Gasteiger partial charge in [-0.25, -0.2) is 4.98 Å². The summed E-state index contributed by atoms with van der Waals surface area (Å²) in [6, 6.07) is 31.2. The maximum absolute atomic E-state index is 12.6. The van der Waals surface area contributed by atoms with Crippen molar-refractivity contribution in [1.82, 2.24) is 20.5 Å². The average Bonchev–Trinajstić information content (AvgIpc) is 3.70. The van der Waals surface area contributed by atoms with Crippen LogP contribution in [0.25, 0.3) is 11.1 Å². The highest BCUT2D eigenvalue weighted by atomic mass is 32.2. The Labute approximate surface area is 301 Å². The van der Waals surface area contributed by atoms with Crippen LogP contribution in [-0.2, 0) is 32.2 Å². The molecule has 4 aromatic carbocycles. The van der Waals surface area contributed by atoms with E-state index in [1.54, 1.807) is 23.9 Å². The van der Waals surface area contributed by atoms with Gasteiger partial charge in [0.1, 0.15) is 6.33 Å². The zero-order valence-corrected chi connectivity index (χ0v) is 29.0. The molecule has 0 aliphatic carbocycles. The Morgan fingerprint density at radius 2 is 1.63 bits per heavy atom.